The Morgan fingerprint density at radius 2 is 1.35 bits per heavy atom. The molecule has 124 valence electrons. The van der Waals surface area contributed by atoms with Crippen LogP contribution in [0.15, 0.2) is 48.5 Å². The SMILES string of the molecule is CC(=O)NCCc1ccc(I)cc1.NCCc1ccc(I)cc1. The van der Waals surface area contributed by atoms with Gasteiger partial charge >= 0.3 is 0 Å². The van der Waals surface area contributed by atoms with E-state index in [2.05, 4.69) is 99.0 Å². The van der Waals surface area contributed by atoms with Gasteiger partial charge in [0.2, 0.25) is 5.91 Å². The summed E-state index contributed by atoms with van der Waals surface area (Å²) in [4.78, 5) is 10.6. The molecule has 0 saturated carbocycles. The molecule has 0 saturated heterocycles. The summed E-state index contributed by atoms with van der Waals surface area (Å²) in [7, 11) is 0. The first kappa shape index (κ1) is 20.4. The molecule has 0 heterocycles. The molecular formula is C18H22I2N2O. The normalized spacial score (nSPS) is 9.74. The lowest BCUT2D eigenvalue weighted by atomic mass is 10.1. The quantitative estimate of drug-likeness (QED) is 0.573. The average Bonchev–Trinajstić information content (AvgIpc) is 2.52. The molecule has 0 unspecified atom stereocenters. The molecule has 3 N–H and O–H groups in total. The van der Waals surface area contributed by atoms with Crippen molar-refractivity contribution >= 4 is 51.1 Å². The molecule has 0 fully saturated rings. The van der Waals surface area contributed by atoms with E-state index in [4.69, 9.17) is 5.73 Å². The molecule has 0 aliphatic heterocycles. The number of carbonyl (C=O) groups excluding carboxylic acids is 1. The zero-order valence-electron chi connectivity index (χ0n) is 13.2. The zero-order chi connectivity index (χ0) is 17.1. The molecule has 0 aliphatic carbocycles. The van der Waals surface area contributed by atoms with Crippen molar-refractivity contribution in [1.82, 2.24) is 5.32 Å². The van der Waals surface area contributed by atoms with E-state index in [1.54, 1.807) is 0 Å². The number of halogens is 2. The van der Waals surface area contributed by atoms with Gasteiger partial charge < -0.3 is 11.1 Å². The molecule has 2 aromatic rings. The number of hydrogen-bond acceptors (Lipinski definition) is 2. The van der Waals surface area contributed by atoms with Crippen LogP contribution in [0.1, 0.15) is 18.1 Å². The number of carbonyl (C=O) groups is 1. The third-order valence-corrected chi connectivity index (χ3v) is 4.49. The van der Waals surface area contributed by atoms with Gasteiger partial charge in [0.25, 0.3) is 0 Å². The lowest BCUT2D eigenvalue weighted by molar-refractivity contribution is -0.118. The van der Waals surface area contributed by atoms with Gasteiger partial charge in [-0.3, -0.25) is 4.79 Å². The Balaban J connectivity index is 0.000000238. The van der Waals surface area contributed by atoms with Gasteiger partial charge in [0.1, 0.15) is 0 Å². The van der Waals surface area contributed by atoms with E-state index in [1.807, 2.05) is 0 Å². The van der Waals surface area contributed by atoms with Crippen LogP contribution >= 0.6 is 45.2 Å². The van der Waals surface area contributed by atoms with E-state index in [-0.39, 0.29) is 5.91 Å². The minimum Gasteiger partial charge on any atom is -0.356 e. The first-order valence-corrected chi connectivity index (χ1v) is 9.60. The summed E-state index contributed by atoms with van der Waals surface area (Å²) in [6.45, 7) is 2.99. The summed E-state index contributed by atoms with van der Waals surface area (Å²) in [5, 5.41) is 2.77. The molecule has 0 radical (unpaired) electrons. The second-order valence-electron chi connectivity index (χ2n) is 5.02. The third-order valence-electron chi connectivity index (χ3n) is 3.05. The highest BCUT2D eigenvalue weighted by Gasteiger charge is 1.94. The minimum atomic E-state index is 0.0329. The van der Waals surface area contributed by atoms with Gasteiger partial charge in [0.05, 0.1) is 0 Å². The van der Waals surface area contributed by atoms with Gasteiger partial charge in [-0.05, 0) is 100.0 Å². The van der Waals surface area contributed by atoms with Crippen molar-refractivity contribution in [3.63, 3.8) is 0 Å². The number of hydrogen-bond donors (Lipinski definition) is 2. The maximum Gasteiger partial charge on any atom is 0.216 e. The maximum absolute atomic E-state index is 10.6. The fraction of sp³-hybridized carbons (Fsp3) is 0.278. The summed E-state index contributed by atoms with van der Waals surface area (Å²) in [6, 6.07) is 16.8. The third kappa shape index (κ3) is 9.93. The van der Waals surface area contributed by atoms with Gasteiger partial charge in [-0.25, -0.2) is 0 Å². The van der Waals surface area contributed by atoms with Crippen LogP contribution in [-0.2, 0) is 17.6 Å². The number of nitrogens with two attached hydrogens (primary N) is 1. The Morgan fingerprint density at radius 3 is 1.74 bits per heavy atom. The predicted octanol–water partition coefficient (Wildman–Crippen LogP) is 3.76. The Hall–Kier alpha value is -0.670. The molecule has 0 aliphatic rings. The van der Waals surface area contributed by atoms with Crippen LogP contribution < -0.4 is 11.1 Å². The fourth-order valence-electron chi connectivity index (χ4n) is 1.85. The second kappa shape index (κ2) is 11.8. The first-order chi connectivity index (χ1) is 11.0. The summed E-state index contributed by atoms with van der Waals surface area (Å²) in [6.07, 6.45) is 1.88. The predicted molar refractivity (Wildman–Crippen MR) is 113 cm³/mol. The Kier molecular flexibility index (Phi) is 10.5. The van der Waals surface area contributed by atoms with E-state index in [1.165, 1.54) is 25.2 Å². The molecule has 23 heavy (non-hydrogen) atoms. The molecular weight excluding hydrogens is 514 g/mol. The lowest BCUT2D eigenvalue weighted by Gasteiger charge is -2.02. The van der Waals surface area contributed by atoms with Crippen LogP contribution in [0.2, 0.25) is 0 Å². The molecule has 2 aromatic carbocycles. The van der Waals surface area contributed by atoms with E-state index < -0.39 is 0 Å². The Bertz CT molecular complexity index is 583. The molecule has 0 bridgehead atoms. The zero-order valence-corrected chi connectivity index (χ0v) is 17.5. The molecule has 0 spiro atoms. The van der Waals surface area contributed by atoms with E-state index in [0.717, 1.165) is 25.9 Å². The topological polar surface area (TPSA) is 55.1 Å². The van der Waals surface area contributed by atoms with Crippen molar-refractivity contribution in [2.45, 2.75) is 19.8 Å². The molecule has 3 nitrogen and oxygen atoms in total. The van der Waals surface area contributed by atoms with Crippen LogP contribution in [0.4, 0.5) is 0 Å². The highest BCUT2D eigenvalue weighted by Crippen LogP contribution is 2.07. The van der Waals surface area contributed by atoms with Crippen LogP contribution in [0.25, 0.3) is 0 Å². The minimum absolute atomic E-state index is 0.0329. The average molecular weight is 536 g/mol. The summed E-state index contributed by atoms with van der Waals surface area (Å²) < 4.78 is 2.51. The van der Waals surface area contributed by atoms with E-state index >= 15 is 0 Å². The van der Waals surface area contributed by atoms with Gasteiger partial charge in [0.15, 0.2) is 0 Å². The molecule has 0 atom stereocenters. The highest BCUT2D eigenvalue weighted by molar-refractivity contribution is 14.1. The first-order valence-electron chi connectivity index (χ1n) is 7.44. The number of amides is 1. The van der Waals surface area contributed by atoms with Crippen LogP contribution in [0.3, 0.4) is 0 Å². The van der Waals surface area contributed by atoms with E-state index in [9.17, 15) is 4.79 Å². The standard InChI is InChI=1S/C10H12INO.C8H10IN/c1-8(13)12-7-6-9-2-4-10(11)5-3-9;9-8-3-1-7(2-4-8)5-6-10/h2-5H,6-7H2,1H3,(H,12,13);1-4H,5-6,10H2. The molecule has 2 rings (SSSR count). The Labute approximate surface area is 165 Å². The number of nitrogens with one attached hydrogen (secondary N) is 1. The summed E-state index contributed by atoms with van der Waals surface area (Å²) in [5.41, 5.74) is 7.98. The maximum atomic E-state index is 10.6. The van der Waals surface area contributed by atoms with Crippen molar-refractivity contribution in [3.8, 4) is 0 Å². The van der Waals surface area contributed by atoms with Crippen molar-refractivity contribution in [3.05, 3.63) is 66.8 Å². The molecule has 1 amide bonds. The summed E-state index contributed by atoms with van der Waals surface area (Å²) in [5.74, 6) is 0.0329. The van der Waals surface area contributed by atoms with Crippen molar-refractivity contribution in [1.29, 1.82) is 0 Å². The largest absolute Gasteiger partial charge is 0.356 e. The molecule has 5 heteroatoms. The van der Waals surface area contributed by atoms with Crippen LogP contribution in [-0.4, -0.2) is 19.0 Å². The number of rotatable bonds is 5. The van der Waals surface area contributed by atoms with Crippen LogP contribution in [0, 0.1) is 7.14 Å². The Morgan fingerprint density at radius 1 is 0.913 bits per heavy atom. The fourth-order valence-corrected chi connectivity index (χ4v) is 2.57. The number of benzene rings is 2. The van der Waals surface area contributed by atoms with Gasteiger partial charge in [-0.15, -0.1) is 0 Å². The van der Waals surface area contributed by atoms with Crippen molar-refractivity contribution < 1.29 is 4.79 Å². The second-order valence-corrected chi connectivity index (χ2v) is 7.52. The van der Waals surface area contributed by atoms with Crippen molar-refractivity contribution in [2.75, 3.05) is 13.1 Å². The van der Waals surface area contributed by atoms with Crippen LogP contribution in [0.5, 0.6) is 0 Å². The smallest absolute Gasteiger partial charge is 0.216 e. The van der Waals surface area contributed by atoms with E-state index in [0.29, 0.717) is 0 Å². The van der Waals surface area contributed by atoms with Crippen molar-refractivity contribution in [2.24, 2.45) is 5.73 Å². The monoisotopic (exact) mass is 536 g/mol. The van der Waals surface area contributed by atoms with Gasteiger partial charge in [-0.2, -0.15) is 0 Å². The summed E-state index contributed by atoms with van der Waals surface area (Å²) >= 11 is 4.57. The van der Waals surface area contributed by atoms with Gasteiger partial charge in [-0.1, -0.05) is 24.3 Å². The highest BCUT2D eigenvalue weighted by atomic mass is 127. The molecule has 0 aromatic heterocycles. The lowest BCUT2D eigenvalue weighted by Crippen LogP contribution is -2.22. The van der Waals surface area contributed by atoms with Gasteiger partial charge in [0, 0.05) is 20.6 Å².